The second kappa shape index (κ2) is 9.01. The second-order valence-electron chi connectivity index (χ2n) is 7.62. The lowest BCUT2D eigenvalue weighted by Gasteiger charge is -2.15. The van der Waals surface area contributed by atoms with Crippen molar-refractivity contribution in [2.45, 2.75) is 26.0 Å². The van der Waals surface area contributed by atoms with Crippen LogP contribution in [0.15, 0.2) is 60.8 Å². The highest BCUT2D eigenvalue weighted by molar-refractivity contribution is 5.89. The Morgan fingerprint density at radius 1 is 1.03 bits per heavy atom. The third-order valence-electron chi connectivity index (χ3n) is 4.79. The van der Waals surface area contributed by atoms with E-state index in [1.54, 1.807) is 10.9 Å². The largest absolute Gasteiger partial charge is 0.491 e. The first-order chi connectivity index (χ1) is 15.0. The monoisotopic (exact) mass is 417 g/mol. The van der Waals surface area contributed by atoms with Gasteiger partial charge < -0.3 is 21.1 Å². The number of ether oxygens (including phenoxy) is 1. The zero-order valence-electron chi connectivity index (χ0n) is 17.9. The molecule has 0 unspecified atom stereocenters. The molecule has 0 amide bonds. The number of hydrogen-bond donors (Lipinski definition) is 3. The Hall–Kier alpha value is -3.65. The molecule has 2 heterocycles. The van der Waals surface area contributed by atoms with Gasteiger partial charge in [-0.3, -0.25) is 4.68 Å². The zero-order valence-corrected chi connectivity index (χ0v) is 17.9. The van der Waals surface area contributed by atoms with Crippen LogP contribution < -0.4 is 21.1 Å². The van der Waals surface area contributed by atoms with Crippen molar-refractivity contribution in [3.63, 3.8) is 0 Å². The van der Waals surface area contributed by atoms with Gasteiger partial charge in [0, 0.05) is 25.3 Å². The fourth-order valence-corrected chi connectivity index (χ4v) is 3.24. The van der Waals surface area contributed by atoms with Crippen LogP contribution in [0.25, 0.3) is 11.0 Å². The van der Waals surface area contributed by atoms with Gasteiger partial charge in [-0.25, -0.2) is 0 Å². The molecule has 0 saturated heterocycles. The van der Waals surface area contributed by atoms with Gasteiger partial charge in [0.25, 0.3) is 0 Å². The summed E-state index contributed by atoms with van der Waals surface area (Å²) >= 11 is 0. The van der Waals surface area contributed by atoms with Crippen LogP contribution in [0.1, 0.15) is 25.5 Å². The first kappa shape index (κ1) is 20.6. The van der Waals surface area contributed by atoms with Gasteiger partial charge in [-0.1, -0.05) is 30.3 Å². The van der Waals surface area contributed by atoms with E-state index in [0.717, 1.165) is 28.0 Å². The average molecular weight is 418 g/mol. The van der Waals surface area contributed by atoms with Crippen molar-refractivity contribution < 1.29 is 4.74 Å². The average Bonchev–Trinajstić information content (AvgIpc) is 3.15. The number of fused-ring (bicyclic) bond motifs is 1. The highest BCUT2D eigenvalue weighted by atomic mass is 16.5. The smallest absolute Gasteiger partial charge is 0.226 e. The van der Waals surface area contributed by atoms with Crippen molar-refractivity contribution in [1.82, 2.24) is 19.7 Å². The van der Waals surface area contributed by atoms with Crippen LogP contribution in [0.3, 0.4) is 0 Å². The Bertz CT molecular complexity index is 1140. The van der Waals surface area contributed by atoms with Crippen molar-refractivity contribution in [2.24, 2.45) is 12.8 Å². The Labute approximate surface area is 181 Å². The molecule has 0 aliphatic rings. The summed E-state index contributed by atoms with van der Waals surface area (Å²) in [7, 11) is 1.86. The van der Waals surface area contributed by atoms with E-state index in [1.165, 1.54) is 0 Å². The minimum Gasteiger partial charge on any atom is -0.491 e. The molecule has 8 heteroatoms. The predicted molar refractivity (Wildman–Crippen MR) is 124 cm³/mol. The van der Waals surface area contributed by atoms with Gasteiger partial charge in [-0.05, 0) is 43.7 Å². The predicted octanol–water partition coefficient (Wildman–Crippen LogP) is 4.01. The van der Waals surface area contributed by atoms with Crippen molar-refractivity contribution in [3.05, 3.63) is 66.4 Å². The van der Waals surface area contributed by atoms with E-state index in [0.29, 0.717) is 18.3 Å². The summed E-state index contributed by atoms with van der Waals surface area (Å²) in [4.78, 5) is 9.28. The molecule has 4 aromatic rings. The molecule has 8 nitrogen and oxygen atoms in total. The van der Waals surface area contributed by atoms with Crippen LogP contribution in [0, 0.1) is 0 Å². The number of aromatic nitrogens is 4. The Balaban J connectivity index is 1.55. The van der Waals surface area contributed by atoms with E-state index in [2.05, 4.69) is 25.7 Å². The highest BCUT2D eigenvalue weighted by Gasteiger charge is 2.13. The Kier molecular flexibility index (Phi) is 5.99. The molecular weight excluding hydrogens is 390 g/mol. The summed E-state index contributed by atoms with van der Waals surface area (Å²) in [6.45, 7) is 4.52. The van der Waals surface area contributed by atoms with Crippen molar-refractivity contribution in [1.29, 1.82) is 0 Å². The van der Waals surface area contributed by atoms with Crippen molar-refractivity contribution in [2.75, 3.05) is 17.2 Å². The molecule has 2 aromatic carbocycles. The SMILES string of the molecule is CC(C)Oc1ccc(Nc2nc(NC[C@H](N)c3ccccc3)nc3c2cnn3C)cc1. The van der Waals surface area contributed by atoms with Gasteiger partial charge in [0.15, 0.2) is 5.65 Å². The topological polar surface area (TPSA) is 103 Å². The fourth-order valence-electron chi connectivity index (χ4n) is 3.24. The molecule has 31 heavy (non-hydrogen) atoms. The molecule has 160 valence electrons. The van der Waals surface area contributed by atoms with Gasteiger partial charge in [0.05, 0.1) is 17.7 Å². The quantitative estimate of drug-likeness (QED) is 0.398. The standard InChI is InChI=1S/C23H27N7O/c1-15(2)31-18-11-9-17(10-12-18)27-21-19-13-26-30(3)22(19)29-23(28-21)25-14-20(24)16-7-5-4-6-8-16/h4-13,15,20H,14,24H2,1-3H3,(H2,25,27,28,29)/t20-/m0/s1. The molecule has 0 radical (unpaired) electrons. The number of anilines is 3. The number of hydrogen-bond acceptors (Lipinski definition) is 7. The lowest BCUT2D eigenvalue weighted by molar-refractivity contribution is 0.242. The van der Waals surface area contributed by atoms with Crippen LogP contribution >= 0.6 is 0 Å². The molecule has 0 aliphatic carbocycles. The summed E-state index contributed by atoms with van der Waals surface area (Å²) in [6, 6.07) is 17.6. The van der Waals surface area contributed by atoms with E-state index in [4.69, 9.17) is 10.5 Å². The maximum atomic E-state index is 6.31. The number of benzene rings is 2. The van der Waals surface area contributed by atoms with Gasteiger partial charge in [0.2, 0.25) is 5.95 Å². The van der Waals surface area contributed by atoms with E-state index < -0.39 is 0 Å². The van der Waals surface area contributed by atoms with Gasteiger partial charge in [-0.15, -0.1) is 0 Å². The highest BCUT2D eigenvalue weighted by Crippen LogP contribution is 2.26. The fraction of sp³-hybridized carbons (Fsp3) is 0.261. The minimum absolute atomic E-state index is 0.131. The molecule has 0 spiro atoms. The number of rotatable bonds is 8. The lowest BCUT2D eigenvalue weighted by Crippen LogP contribution is -2.21. The van der Waals surface area contributed by atoms with Gasteiger partial charge >= 0.3 is 0 Å². The summed E-state index contributed by atoms with van der Waals surface area (Å²) in [5.41, 5.74) is 8.99. The maximum Gasteiger partial charge on any atom is 0.226 e. The third-order valence-corrected chi connectivity index (χ3v) is 4.79. The van der Waals surface area contributed by atoms with Crippen LogP contribution in [-0.4, -0.2) is 32.4 Å². The van der Waals surface area contributed by atoms with Crippen LogP contribution in [0.5, 0.6) is 5.75 Å². The zero-order chi connectivity index (χ0) is 21.8. The van der Waals surface area contributed by atoms with Crippen LogP contribution in [0.4, 0.5) is 17.5 Å². The summed E-state index contributed by atoms with van der Waals surface area (Å²) in [5, 5.41) is 11.8. The van der Waals surface area contributed by atoms with E-state index in [-0.39, 0.29) is 12.1 Å². The third kappa shape index (κ3) is 4.92. The number of aryl methyl sites for hydroxylation is 1. The number of nitrogens with zero attached hydrogens (tertiary/aromatic N) is 4. The molecule has 1 atom stereocenters. The maximum absolute atomic E-state index is 6.31. The molecule has 0 saturated carbocycles. The molecule has 0 bridgehead atoms. The van der Waals surface area contributed by atoms with Crippen LogP contribution in [-0.2, 0) is 7.05 Å². The van der Waals surface area contributed by atoms with Gasteiger partial charge in [0.1, 0.15) is 11.6 Å². The summed E-state index contributed by atoms with van der Waals surface area (Å²) < 4.78 is 7.44. The molecule has 4 N–H and O–H groups in total. The second-order valence-corrected chi connectivity index (χ2v) is 7.62. The van der Waals surface area contributed by atoms with Crippen molar-refractivity contribution >= 4 is 28.5 Å². The first-order valence-corrected chi connectivity index (χ1v) is 10.3. The molecule has 4 rings (SSSR count). The van der Waals surface area contributed by atoms with Gasteiger partial charge in [-0.2, -0.15) is 15.1 Å². The minimum atomic E-state index is -0.169. The Morgan fingerprint density at radius 3 is 2.48 bits per heavy atom. The lowest BCUT2D eigenvalue weighted by atomic mass is 10.1. The normalized spacial score (nSPS) is 12.2. The van der Waals surface area contributed by atoms with E-state index >= 15 is 0 Å². The summed E-state index contributed by atoms with van der Waals surface area (Å²) in [5.74, 6) is 1.99. The summed E-state index contributed by atoms with van der Waals surface area (Å²) in [6.07, 6.45) is 1.89. The Morgan fingerprint density at radius 2 is 1.77 bits per heavy atom. The molecule has 0 aliphatic heterocycles. The molecular formula is C23H27N7O. The first-order valence-electron chi connectivity index (χ1n) is 10.3. The molecule has 2 aromatic heterocycles. The number of nitrogens with one attached hydrogen (secondary N) is 2. The van der Waals surface area contributed by atoms with Crippen LogP contribution in [0.2, 0.25) is 0 Å². The van der Waals surface area contributed by atoms with E-state index in [9.17, 15) is 0 Å². The van der Waals surface area contributed by atoms with E-state index in [1.807, 2.05) is 75.5 Å². The number of nitrogens with two attached hydrogens (primary N) is 1. The molecule has 0 fully saturated rings. The van der Waals surface area contributed by atoms with Crippen molar-refractivity contribution in [3.8, 4) is 5.75 Å².